The zero-order valence-electron chi connectivity index (χ0n) is 10.9. The minimum absolute atomic E-state index is 0.265. The van der Waals surface area contributed by atoms with Gasteiger partial charge < -0.3 is 4.90 Å². The quantitative estimate of drug-likeness (QED) is 0.796. The number of benzene rings is 1. The number of aryl methyl sites for hydroxylation is 1. The zero-order chi connectivity index (χ0) is 14.9. The summed E-state index contributed by atoms with van der Waals surface area (Å²) in [6.45, 7) is 2.27. The summed E-state index contributed by atoms with van der Waals surface area (Å²) in [5.74, 6) is -2.39. The van der Waals surface area contributed by atoms with E-state index in [2.05, 4.69) is 15.9 Å². The van der Waals surface area contributed by atoms with Crippen molar-refractivity contribution >= 4 is 33.2 Å². The predicted molar refractivity (Wildman–Crippen MR) is 78.9 cm³/mol. The van der Waals surface area contributed by atoms with Crippen LogP contribution in [-0.4, -0.2) is 17.9 Å². The number of amides is 1. The van der Waals surface area contributed by atoms with Crippen molar-refractivity contribution in [2.75, 3.05) is 7.05 Å². The standard InChI is InChI=1S/C14H12BrF2NOS/c1-8-3-4-20-12(8)7-18(2)14(19)13-10(16)5-9(15)6-11(13)17/h3-6H,7H2,1-2H3. The molecular weight excluding hydrogens is 348 g/mol. The molecule has 0 unspecified atom stereocenters. The van der Waals surface area contributed by atoms with Gasteiger partial charge in [0.25, 0.3) is 5.91 Å². The fraction of sp³-hybridized carbons (Fsp3) is 0.214. The van der Waals surface area contributed by atoms with Gasteiger partial charge in [0.15, 0.2) is 0 Å². The molecule has 1 aromatic carbocycles. The number of carbonyl (C=O) groups excluding carboxylic acids is 1. The van der Waals surface area contributed by atoms with Crippen LogP contribution in [0.5, 0.6) is 0 Å². The summed E-state index contributed by atoms with van der Waals surface area (Å²) in [7, 11) is 1.53. The first-order chi connectivity index (χ1) is 9.40. The summed E-state index contributed by atoms with van der Waals surface area (Å²) in [4.78, 5) is 14.5. The average molecular weight is 360 g/mol. The van der Waals surface area contributed by atoms with Crippen molar-refractivity contribution in [1.29, 1.82) is 0 Å². The molecule has 0 aliphatic rings. The van der Waals surface area contributed by atoms with Crippen LogP contribution in [0.25, 0.3) is 0 Å². The van der Waals surface area contributed by atoms with E-state index in [1.54, 1.807) is 0 Å². The van der Waals surface area contributed by atoms with Gasteiger partial charge in [-0.25, -0.2) is 8.78 Å². The molecule has 0 fully saturated rings. The van der Waals surface area contributed by atoms with Crippen molar-refractivity contribution < 1.29 is 13.6 Å². The minimum atomic E-state index is -0.864. The fourth-order valence-corrected chi connectivity index (χ4v) is 3.15. The van der Waals surface area contributed by atoms with E-state index in [1.807, 2.05) is 18.4 Å². The minimum Gasteiger partial charge on any atom is -0.336 e. The summed E-state index contributed by atoms with van der Waals surface area (Å²) in [5.41, 5.74) is 0.538. The van der Waals surface area contributed by atoms with Crippen LogP contribution in [-0.2, 0) is 6.54 Å². The third-order valence-electron chi connectivity index (χ3n) is 2.92. The molecular formula is C14H12BrF2NOS. The zero-order valence-corrected chi connectivity index (χ0v) is 13.3. The number of hydrogen-bond acceptors (Lipinski definition) is 2. The summed E-state index contributed by atoms with van der Waals surface area (Å²) < 4.78 is 27.8. The van der Waals surface area contributed by atoms with Gasteiger partial charge in [0.05, 0.1) is 6.54 Å². The van der Waals surface area contributed by atoms with Crippen molar-refractivity contribution in [2.24, 2.45) is 0 Å². The van der Waals surface area contributed by atoms with E-state index in [0.717, 1.165) is 22.6 Å². The SMILES string of the molecule is Cc1ccsc1CN(C)C(=O)c1c(F)cc(Br)cc1F. The Morgan fingerprint density at radius 1 is 1.35 bits per heavy atom. The molecule has 1 amide bonds. The summed E-state index contributed by atoms with van der Waals surface area (Å²) in [6.07, 6.45) is 0. The van der Waals surface area contributed by atoms with Crippen LogP contribution in [0.3, 0.4) is 0 Å². The highest BCUT2D eigenvalue weighted by molar-refractivity contribution is 9.10. The molecule has 106 valence electrons. The van der Waals surface area contributed by atoms with Gasteiger partial charge in [0.2, 0.25) is 0 Å². The van der Waals surface area contributed by atoms with Gasteiger partial charge in [-0.05, 0) is 36.1 Å². The molecule has 0 N–H and O–H groups in total. The molecule has 0 aliphatic carbocycles. The largest absolute Gasteiger partial charge is 0.336 e. The molecule has 2 rings (SSSR count). The number of thiophene rings is 1. The molecule has 0 spiro atoms. The molecule has 1 heterocycles. The van der Waals surface area contributed by atoms with E-state index in [-0.39, 0.29) is 4.47 Å². The molecule has 0 atom stereocenters. The van der Waals surface area contributed by atoms with E-state index >= 15 is 0 Å². The number of halogens is 3. The van der Waals surface area contributed by atoms with Crippen LogP contribution in [0.4, 0.5) is 8.78 Å². The summed E-state index contributed by atoms with van der Waals surface area (Å²) in [5, 5.41) is 1.92. The van der Waals surface area contributed by atoms with Crippen LogP contribution in [0.1, 0.15) is 20.8 Å². The van der Waals surface area contributed by atoms with E-state index in [9.17, 15) is 13.6 Å². The van der Waals surface area contributed by atoms with Crippen LogP contribution in [0, 0.1) is 18.6 Å². The Morgan fingerprint density at radius 3 is 2.45 bits per heavy atom. The van der Waals surface area contributed by atoms with Crippen LogP contribution in [0.2, 0.25) is 0 Å². The first-order valence-corrected chi connectivity index (χ1v) is 7.50. The molecule has 0 aliphatic heterocycles. The van der Waals surface area contributed by atoms with Crippen molar-refractivity contribution in [3.63, 3.8) is 0 Å². The first-order valence-electron chi connectivity index (χ1n) is 5.83. The maximum absolute atomic E-state index is 13.8. The van der Waals surface area contributed by atoms with Gasteiger partial charge in [-0.15, -0.1) is 11.3 Å². The summed E-state index contributed by atoms with van der Waals surface area (Å²) in [6, 6.07) is 4.11. The molecule has 0 saturated carbocycles. The second kappa shape index (κ2) is 6.01. The predicted octanol–water partition coefficient (Wildman–Crippen LogP) is 4.37. The molecule has 2 aromatic rings. The van der Waals surface area contributed by atoms with Crippen LogP contribution < -0.4 is 0 Å². The van der Waals surface area contributed by atoms with E-state index in [4.69, 9.17) is 0 Å². The van der Waals surface area contributed by atoms with Gasteiger partial charge in [-0.2, -0.15) is 0 Å². The number of rotatable bonds is 3. The topological polar surface area (TPSA) is 20.3 Å². The Kier molecular flexibility index (Phi) is 4.55. The third-order valence-corrected chi connectivity index (χ3v) is 4.38. The lowest BCUT2D eigenvalue weighted by atomic mass is 10.1. The third kappa shape index (κ3) is 3.07. The van der Waals surface area contributed by atoms with Gasteiger partial charge in [0.1, 0.15) is 17.2 Å². The van der Waals surface area contributed by atoms with Gasteiger partial charge in [-0.1, -0.05) is 15.9 Å². The maximum Gasteiger partial charge on any atom is 0.259 e. The molecule has 0 bridgehead atoms. The second-order valence-corrected chi connectivity index (χ2v) is 6.35. The van der Waals surface area contributed by atoms with Gasteiger partial charge >= 0.3 is 0 Å². The Bertz CT molecular complexity index is 633. The maximum atomic E-state index is 13.8. The van der Waals surface area contributed by atoms with Crippen molar-refractivity contribution in [3.8, 4) is 0 Å². The molecule has 1 aromatic heterocycles. The molecule has 20 heavy (non-hydrogen) atoms. The fourth-order valence-electron chi connectivity index (χ4n) is 1.79. The van der Waals surface area contributed by atoms with Crippen molar-refractivity contribution in [2.45, 2.75) is 13.5 Å². The lowest BCUT2D eigenvalue weighted by Gasteiger charge is -2.18. The van der Waals surface area contributed by atoms with E-state index < -0.39 is 23.1 Å². The normalized spacial score (nSPS) is 10.7. The molecule has 2 nitrogen and oxygen atoms in total. The highest BCUT2D eigenvalue weighted by atomic mass is 79.9. The summed E-state index contributed by atoms with van der Waals surface area (Å²) >= 11 is 4.50. The Hall–Kier alpha value is -1.27. The smallest absolute Gasteiger partial charge is 0.259 e. The Labute approximate surface area is 128 Å². The second-order valence-electron chi connectivity index (χ2n) is 4.43. The highest BCUT2D eigenvalue weighted by Crippen LogP contribution is 2.22. The number of hydrogen-bond donors (Lipinski definition) is 0. The lowest BCUT2D eigenvalue weighted by molar-refractivity contribution is 0.0776. The number of carbonyl (C=O) groups is 1. The monoisotopic (exact) mass is 359 g/mol. The van der Waals surface area contributed by atoms with Gasteiger partial charge in [-0.3, -0.25) is 4.79 Å². The Morgan fingerprint density at radius 2 is 1.95 bits per heavy atom. The van der Waals surface area contributed by atoms with E-state index in [1.165, 1.54) is 23.3 Å². The van der Waals surface area contributed by atoms with Gasteiger partial charge in [0, 0.05) is 16.4 Å². The molecule has 0 saturated heterocycles. The van der Waals surface area contributed by atoms with Crippen molar-refractivity contribution in [3.05, 3.63) is 55.7 Å². The number of nitrogens with zero attached hydrogens (tertiary/aromatic N) is 1. The average Bonchev–Trinajstić information content (AvgIpc) is 2.73. The van der Waals surface area contributed by atoms with E-state index in [0.29, 0.717) is 6.54 Å². The van der Waals surface area contributed by atoms with Crippen molar-refractivity contribution in [1.82, 2.24) is 4.90 Å². The Balaban J connectivity index is 2.25. The molecule has 0 radical (unpaired) electrons. The molecule has 6 heteroatoms. The first kappa shape index (κ1) is 15.1. The van der Waals surface area contributed by atoms with Crippen LogP contribution in [0.15, 0.2) is 28.1 Å². The highest BCUT2D eigenvalue weighted by Gasteiger charge is 2.22. The van der Waals surface area contributed by atoms with Crippen LogP contribution >= 0.6 is 27.3 Å². The lowest BCUT2D eigenvalue weighted by Crippen LogP contribution is -2.28.